The molecule has 0 radical (unpaired) electrons. The van der Waals surface area contributed by atoms with Gasteiger partial charge in [0, 0.05) is 18.9 Å². The Hall–Kier alpha value is 0.314. The monoisotopic (exact) mass is 247 g/mol. The quantitative estimate of drug-likeness (QED) is 0.660. The minimum absolute atomic E-state index is 0.371. The summed E-state index contributed by atoms with van der Waals surface area (Å²) in [7, 11) is -1.87. The van der Waals surface area contributed by atoms with E-state index in [-0.39, 0.29) is 9.76 Å². The summed E-state index contributed by atoms with van der Waals surface area (Å²) in [5, 5.41) is 0. The normalized spacial score (nSPS) is 28.6. The zero-order chi connectivity index (χ0) is 11.3. The Bertz CT molecular complexity index is 192. The number of hydrogen-bond acceptors (Lipinski definition) is 3. The molecule has 0 aromatic carbocycles. The summed E-state index contributed by atoms with van der Waals surface area (Å²) >= 11 is 0. The third-order valence-corrected chi connectivity index (χ3v) is 9.05. The van der Waals surface area contributed by atoms with Gasteiger partial charge in [-0.05, 0) is 46.3 Å². The fourth-order valence-corrected chi connectivity index (χ4v) is 8.11. The first-order chi connectivity index (χ1) is 7.08. The van der Waals surface area contributed by atoms with Crippen LogP contribution in [0.5, 0.6) is 0 Å². The highest BCUT2D eigenvalue weighted by Crippen LogP contribution is 2.26. The molecule has 3 nitrogen and oxygen atoms in total. The van der Waals surface area contributed by atoms with Gasteiger partial charge in [0.15, 0.2) is 9.76 Å². The minimum atomic E-state index is -1.50. The summed E-state index contributed by atoms with van der Waals surface area (Å²) in [5.41, 5.74) is 0. The van der Waals surface area contributed by atoms with Gasteiger partial charge >= 0.3 is 0 Å². The van der Waals surface area contributed by atoms with Crippen molar-refractivity contribution in [1.29, 1.82) is 0 Å². The van der Waals surface area contributed by atoms with Crippen molar-refractivity contribution in [3.05, 3.63) is 0 Å². The standard InChI is InChI=1S/C10H25NO2Si2/c1-5-12-15(4)8-6-7-11(15)9-14-13-10(2)3/h10H,5-9,14H2,1-4H3. The summed E-state index contributed by atoms with van der Waals surface area (Å²) in [5.74, 6) is 0. The molecule has 0 amide bonds. The molecule has 0 spiro atoms. The van der Waals surface area contributed by atoms with Crippen LogP contribution in [0.25, 0.3) is 0 Å². The molecule has 1 fully saturated rings. The van der Waals surface area contributed by atoms with Gasteiger partial charge in [-0.25, -0.2) is 0 Å². The highest BCUT2D eigenvalue weighted by Gasteiger charge is 2.40. The maximum atomic E-state index is 5.99. The lowest BCUT2D eigenvalue weighted by molar-refractivity contribution is 0.241. The predicted molar refractivity (Wildman–Crippen MR) is 69.0 cm³/mol. The third kappa shape index (κ3) is 3.99. The molecular formula is C10H25NO2Si2. The topological polar surface area (TPSA) is 21.7 Å². The lowest BCUT2D eigenvalue weighted by Gasteiger charge is -2.32. The molecular weight excluding hydrogens is 222 g/mol. The van der Waals surface area contributed by atoms with Crippen molar-refractivity contribution >= 4 is 18.2 Å². The van der Waals surface area contributed by atoms with Crippen molar-refractivity contribution in [2.24, 2.45) is 0 Å². The van der Waals surface area contributed by atoms with Gasteiger partial charge in [-0.3, -0.25) is 0 Å². The van der Waals surface area contributed by atoms with E-state index < -0.39 is 8.48 Å². The molecule has 1 unspecified atom stereocenters. The first-order valence-corrected chi connectivity index (χ1v) is 10.2. The van der Waals surface area contributed by atoms with Crippen LogP contribution in [0.2, 0.25) is 12.6 Å². The van der Waals surface area contributed by atoms with Gasteiger partial charge in [-0.2, -0.15) is 0 Å². The fourth-order valence-electron chi connectivity index (χ4n) is 2.21. The molecule has 0 bridgehead atoms. The second kappa shape index (κ2) is 6.15. The fraction of sp³-hybridized carbons (Fsp3) is 1.00. The van der Waals surface area contributed by atoms with Crippen LogP contribution in [0.3, 0.4) is 0 Å². The number of rotatable bonds is 6. The van der Waals surface area contributed by atoms with Crippen LogP contribution in [0.1, 0.15) is 27.2 Å². The van der Waals surface area contributed by atoms with Crippen molar-refractivity contribution in [3.63, 3.8) is 0 Å². The van der Waals surface area contributed by atoms with Crippen LogP contribution < -0.4 is 0 Å². The Morgan fingerprint density at radius 3 is 2.80 bits per heavy atom. The maximum absolute atomic E-state index is 5.99. The van der Waals surface area contributed by atoms with E-state index in [1.807, 2.05) is 0 Å². The van der Waals surface area contributed by atoms with Gasteiger partial charge in [0.25, 0.3) is 8.48 Å². The molecule has 1 rings (SSSR count). The van der Waals surface area contributed by atoms with Gasteiger partial charge in [-0.15, -0.1) is 0 Å². The van der Waals surface area contributed by atoms with Crippen molar-refractivity contribution in [3.8, 4) is 0 Å². The van der Waals surface area contributed by atoms with E-state index in [1.165, 1.54) is 25.2 Å². The lowest BCUT2D eigenvalue weighted by Crippen LogP contribution is -2.50. The summed E-state index contributed by atoms with van der Waals surface area (Å²) < 4.78 is 14.3. The van der Waals surface area contributed by atoms with Gasteiger partial charge < -0.3 is 13.4 Å². The highest BCUT2D eigenvalue weighted by molar-refractivity contribution is 6.70. The zero-order valence-electron chi connectivity index (χ0n) is 10.6. The van der Waals surface area contributed by atoms with Gasteiger partial charge in [0.2, 0.25) is 0 Å². The van der Waals surface area contributed by atoms with Crippen molar-refractivity contribution < 1.29 is 8.85 Å². The van der Waals surface area contributed by atoms with Crippen molar-refractivity contribution in [2.75, 3.05) is 19.3 Å². The minimum Gasteiger partial charge on any atom is -0.420 e. The van der Waals surface area contributed by atoms with Crippen LogP contribution in [0.15, 0.2) is 0 Å². The average molecular weight is 247 g/mol. The predicted octanol–water partition coefficient (Wildman–Crippen LogP) is 1.27. The summed E-state index contributed by atoms with van der Waals surface area (Å²) in [6, 6.07) is 1.30. The van der Waals surface area contributed by atoms with Crippen molar-refractivity contribution in [1.82, 2.24) is 4.57 Å². The first kappa shape index (κ1) is 13.4. The summed E-state index contributed by atoms with van der Waals surface area (Å²) in [6.07, 6.45) is 2.90. The Balaban J connectivity index is 2.33. The Labute approximate surface area is 97.3 Å². The van der Waals surface area contributed by atoms with E-state index in [0.717, 1.165) is 6.61 Å². The van der Waals surface area contributed by atoms with Crippen LogP contribution >= 0.6 is 0 Å². The van der Waals surface area contributed by atoms with Gasteiger partial charge in [0.05, 0.1) is 0 Å². The molecule has 1 aliphatic rings. The molecule has 5 heteroatoms. The van der Waals surface area contributed by atoms with Crippen LogP contribution in [-0.4, -0.2) is 48.2 Å². The molecule has 1 saturated heterocycles. The molecule has 0 N–H and O–H groups in total. The van der Waals surface area contributed by atoms with E-state index in [4.69, 9.17) is 8.85 Å². The van der Waals surface area contributed by atoms with Crippen LogP contribution in [0, 0.1) is 0 Å². The van der Waals surface area contributed by atoms with Crippen molar-refractivity contribution in [2.45, 2.75) is 45.9 Å². The summed E-state index contributed by atoms with van der Waals surface area (Å²) in [4.78, 5) is 0. The van der Waals surface area contributed by atoms with Crippen LogP contribution in [0.4, 0.5) is 0 Å². The van der Waals surface area contributed by atoms with Crippen LogP contribution in [-0.2, 0) is 8.85 Å². The molecule has 0 aliphatic carbocycles. The Kier molecular flexibility index (Phi) is 5.48. The molecule has 1 atom stereocenters. The van der Waals surface area contributed by atoms with E-state index in [2.05, 4.69) is 31.9 Å². The average Bonchev–Trinajstić information content (AvgIpc) is 2.48. The molecule has 15 heavy (non-hydrogen) atoms. The first-order valence-electron chi connectivity index (χ1n) is 6.09. The van der Waals surface area contributed by atoms with E-state index >= 15 is 0 Å². The SMILES string of the molecule is CCO[Si]1(C)CCCN1C[SiH2]OC(C)C. The smallest absolute Gasteiger partial charge is 0.268 e. The zero-order valence-corrected chi connectivity index (χ0v) is 13.0. The molecule has 1 aliphatic heterocycles. The van der Waals surface area contributed by atoms with Gasteiger partial charge in [-0.1, -0.05) is 0 Å². The molecule has 0 aromatic rings. The van der Waals surface area contributed by atoms with E-state index in [1.54, 1.807) is 0 Å². The third-order valence-electron chi connectivity index (χ3n) is 3.01. The van der Waals surface area contributed by atoms with E-state index in [9.17, 15) is 0 Å². The Morgan fingerprint density at radius 1 is 1.47 bits per heavy atom. The lowest BCUT2D eigenvalue weighted by atomic mass is 10.5. The molecule has 90 valence electrons. The highest BCUT2D eigenvalue weighted by atomic mass is 28.4. The molecule has 1 heterocycles. The summed E-state index contributed by atoms with van der Waals surface area (Å²) in [6.45, 7) is 10.8. The second-order valence-electron chi connectivity index (χ2n) is 4.62. The number of nitrogens with zero attached hydrogens (tertiary/aromatic N) is 1. The van der Waals surface area contributed by atoms with Gasteiger partial charge in [0.1, 0.15) is 0 Å². The molecule has 0 aromatic heterocycles. The largest absolute Gasteiger partial charge is 0.420 e. The van der Waals surface area contributed by atoms with E-state index in [0.29, 0.717) is 6.10 Å². The Morgan fingerprint density at radius 2 is 2.20 bits per heavy atom. The molecule has 0 saturated carbocycles. The maximum Gasteiger partial charge on any atom is 0.268 e. The second-order valence-corrected chi connectivity index (χ2v) is 9.58. The number of hydrogen-bond donors (Lipinski definition) is 0.